The van der Waals surface area contributed by atoms with Crippen LogP contribution in [0.5, 0.6) is 5.75 Å². The zero-order valence-corrected chi connectivity index (χ0v) is 20.1. The molecule has 1 aromatic heterocycles. The molecule has 0 aliphatic carbocycles. The van der Waals surface area contributed by atoms with Crippen molar-refractivity contribution in [1.82, 2.24) is 14.8 Å². The minimum absolute atomic E-state index is 0.0746. The molecule has 190 valence electrons. The van der Waals surface area contributed by atoms with Crippen LogP contribution in [0.15, 0.2) is 66.7 Å². The molecule has 2 heterocycles. The topological polar surface area (TPSA) is 92.7 Å². The molecule has 4 aromatic rings. The molecule has 0 unspecified atom stereocenters. The van der Waals surface area contributed by atoms with Crippen molar-refractivity contribution >= 4 is 45.3 Å². The number of carbonyl (C=O) groups excluding carboxylic acids is 3. The van der Waals surface area contributed by atoms with Crippen LogP contribution in [0.25, 0.3) is 21.8 Å². The molecular formula is C27H24F2N4O4. The molecule has 2 N–H and O–H groups in total. The van der Waals surface area contributed by atoms with Crippen LogP contribution in [0.4, 0.5) is 19.3 Å². The van der Waals surface area contributed by atoms with Crippen LogP contribution >= 0.6 is 0 Å². The Labute approximate surface area is 210 Å². The Balaban J connectivity index is 1.33. The minimum Gasteiger partial charge on any atom is -0.435 e. The lowest BCUT2D eigenvalue weighted by atomic mass is 9.92. The number of anilines is 1. The van der Waals surface area contributed by atoms with Crippen LogP contribution in [0, 0.1) is 0 Å². The maximum Gasteiger partial charge on any atom is 0.387 e. The zero-order valence-electron chi connectivity index (χ0n) is 20.1. The van der Waals surface area contributed by atoms with E-state index in [1.54, 1.807) is 6.07 Å². The number of nitrogens with zero attached hydrogens (tertiary/aromatic N) is 2. The van der Waals surface area contributed by atoms with E-state index in [9.17, 15) is 23.2 Å². The average molecular weight is 507 g/mol. The number of hydrogen-bond donors (Lipinski definition) is 2. The number of hydrogen-bond acceptors (Lipinski definition) is 4. The predicted molar refractivity (Wildman–Crippen MR) is 134 cm³/mol. The second kappa shape index (κ2) is 9.20. The highest BCUT2D eigenvalue weighted by molar-refractivity contribution is 6.12. The number of aryl methyl sites for hydroxylation is 1. The van der Waals surface area contributed by atoms with Crippen molar-refractivity contribution in [1.29, 1.82) is 0 Å². The summed E-state index contributed by atoms with van der Waals surface area (Å²) in [6, 6.07) is 18.3. The fourth-order valence-electron chi connectivity index (χ4n) is 4.82. The van der Waals surface area contributed by atoms with Gasteiger partial charge >= 0.3 is 12.6 Å². The molecule has 0 spiro atoms. The van der Waals surface area contributed by atoms with Crippen molar-refractivity contribution in [3.8, 4) is 5.75 Å². The highest BCUT2D eigenvalue weighted by atomic mass is 19.3. The number of para-hydroxylation sites is 1. The molecule has 0 radical (unpaired) electrons. The van der Waals surface area contributed by atoms with Gasteiger partial charge in [0.05, 0.1) is 0 Å². The van der Waals surface area contributed by atoms with Gasteiger partial charge in [-0.3, -0.25) is 14.5 Å². The van der Waals surface area contributed by atoms with Gasteiger partial charge in [-0.2, -0.15) is 8.78 Å². The lowest BCUT2D eigenvalue weighted by Crippen LogP contribution is -2.42. The molecule has 0 saturated carbocycles. The summed E-state index contributed by atoms with van der Waals surface area (Å²) >= 11 is 0. The van der Waals surface area contributed by atoms with E-state index >= 15 is 0 Å². The fourth-order valence-corrected chi connectivity index (χ4v) is 4.82. The molecule has 1 aliphatic rings. The van der Waals surface area contributed by atoms with Gasteiger partial charge in [-0.1, -0.05) is 30.3 Å². The van der Waals surface area contributed by atoms with Gasteiger partial charge in [-0.15, -0.1) is 0 Å². The largest absolute Gasteiger partial charge is 0.435 e. The molecule has 0 bridgehead atoms. The maximum atomic E-state index is 13.2. The molecular weight excluding hydrogens is 482 g/mol. The van der Waals surface area contributed by atoms with Crippen molar-refractivity contribution in [2.24, 2.45) is 0 Å². The van der Waals surface area contributed by atoms with Crippen LogP contribution in [0.2, 0.25) is 0 Å². The van der Waals surface area contributed by atoms with Crippen molar-refractivity contribution in [2.45, 2.75) is 32.5 Å². The number of ether oxygens (including phenoxy) is 1. The number of fused-ring (bicyclic) bond motifs is 3. The number of imide groups is 1. The van der Waals surface area contributed by atoms with Gasteiger partial charge in [-0.25, -0.2) is 4.79 Å². The van der Waals surface area contributed by atoms with Gasteiger partial charge in [0.15, 0.2) is 0 Å². The quantitative estimate of drug-likeness (QED) is 0.352. The first-order chi connectivity index (χ1) is 17.7. The molecule has 5 rings (SSSR count). The molecule has 37 heavy (non-hydrogen) atoms. The lowest BCUT2D eigenvalue weighted by molar-refractivity contribution is -0.133. The number of halogens is 2. The van der Waals surface area contributed by atoms with Gasteiger partial charge in [-0.05, 0) is 55.8 Å². The second-order valence-corrected chi connectivity index (χ2v) is 8.89. The number of carbonyl (C=O) groups is 3. The van der Waals surface area contributed by atoms with Crippen LogP contribution in [0.1, 0.15) is 19.4 Å². The molecule has 4 amide bonds. The third-order valence-electron chi connectivity index (χ3n) is 6.61. The van der Waals surface area contributed by atoms with E-state index in [0.717, 1.165) is 33.3 Å². The minimum atomic E-state index is -2.98. The SMILES string of the molecule is CCn1c2ccccc2c2cc(NC(=O)CN3C(=O)N[C@](C)(c4ccc(OC(F)F)cc4)C3=O)ccc21. The van der Waals surface area contributed by atoms with Crippen molar-refractivity contribution in [3.05, 3.63) is 72.3 Å². The highest BCUT2D eigenvalue weighted by Gasteiger charge is 2.49. The van der Waals surface area contributed by atoms with Gasteiger partial charge in [0.2, 0.25) is 5.91 Å². The Bertz CT molecular complexity index is 1530. The summed E-state index contributed by atoms with van der Waals surface area (Å²) in [4.78, 5) is 39.4. The van der Waals surface area contributed by atoms with Gasteiger partial charge in [0.25, 0.3) is 5.91 Å². The number of aromatic nitrogens is 1. The van der Waals surface area contributed by atoms with Crippen molar-refractivity contribution in [2.75, 3.05) is 11.9 Å². The third-order valence-corrected chi connectivity index (χ3v) is 6.61. The molecule has 1 fully saturated rings. The molecule has 1 aliphatic heterocycles. The second-order valence-electron chi connectivity index (χ2n) is 8.89. The van der Waals surface area contributed by atoms with Gasteiger partial charge < -0.3 is 19.9 Å². The summed E-state index contributed by atoms with van der Waals surface area (Å²) in [5.74, 6) is -1.24. The number of amides is 4. The standard InChI is InChI=1S/C27H24F2N4O4/c1-3-32-21-7-5-4-6-19(21)20-14-17(10-13-22(20)32)30-23(34)15-33-24(35)27(2,31-26(33)36)16-8-11-18(12-9-16)37-25(28)29/h4-14,25H,3,15H2,1-2H3,(H,30,34)(H,31,36)/t27-/m1/s1. The molecule has 3 aromatic carbocycles. The van der Waals surface area contributed by atoms with E-state index in [1.807, 2.05) is 36.4 Å². The molecule has 1 atom stereocenters. The molecule has 1 saturated heterocycles. The Hall–Kier alpha value is -4.47. The summed E-state index contributed by atoms with van der Waals surface area (Å²) in [7, 11) is 0. The first-order valence-electron chi connectivity index (χ1n) is 11.7. The number of urea groups is 1. The number of rotatable bonds is 7. The Morgan fingerprint density at radius 1 is 1.03 bits per heavy atom. The van der Waals surface area contributed by atoms with Crippen LogP contribution in [-0.2, 0) is 21.7 Å². The van der Waals surface area contributed by atoms with Gasteiger partial charge in [0, 0.05) is 34.0 Å². The Morgan fingerprint density at radius 2 is 1.73 bits per heavy atom. The highest BCUT2D eigenvalue weighted by Crippen LogP contribution is 2.32. The van der Waals surface area contributed by atoms with E-state index in [4.69, 9.17) is 0 Å². The number of alkyl halides is 2. The van der Waals surface area contributed by atoms with E-state index in [1.165, 1.54) is 31.2 Å². The van der Waals surface area contributed by atoms with Gasteiger partial charge in [0.1, 0.15) is 17.8 Å². The number of benzene rings is 3. The molecule has 8 nitrogen and oxygen atoms in total. The molecule has 10 heteroatoms. The average Bonchev–Trinajstić information content (AvgIpc) is 3.30. The smallest absolute Gasteiger partial charge is 0.387 e. The summed E-state index contributed by atoms with van der Waals surface area (Å²) in [5, 5.41) is 7.42. The number of nitrogens with one attached hydrogen (secondary N) is 2. The van der Waals surface area contributed by atoms with E-state index in [-0.39, 0.29) is 5.75 Å². The van der Waals surface area contributed by atoms with E-state index in [2.05, 4.69) is 26.9 Å². The summed E-state index contributed by atoms with van der Waals surface area (Å²) in [6.45, 7) is 0.892. The third kappa shape index (κ3) is 4.24. The van der Waals surface area contributed by atoms with Crippen LogP contribution in [0.3, 0.4) is 0 Å². The van der Waals surface area contributed by atoms with Crippen LogP contribution in [-0.4, -0.2) is 40.5 Å². The summed E-state index contributed by atoms with van der Waals surface area (Å²) < 4.78 is 31.4. The zero-order chi connectivity index (χ0) is 26.3. The lowest BCUT2D eigenvalue weighted by Gasteiger charge is -2.22. The monoisotopic (exact) mass is 506 g/mol. The first-order valence-corrected chi connectivity index (χ1v) is 11.7. The first kappa shape index (κ1) is 24.2. The fraction of sp³-hybridized carbons (Fsp3) is 0.222. The van der Waals surface area contributed by atoms with E-state index in [0.29, 0.717) is 11.3 Å². The van der Waals surface area contributed by atoms with E-state index < -0.39 is 36.5 Å². The summed E-state index contributed by atoms with van der Waals surface area (Å²) in [5.41, 5.74) is 1.59. The predicted octanol–water partition coefficient (Wildman–Crippen LogP) is 4.82. The normalized spacial score (nSPS) is 17.6. The maximum absolute atomic E-state index is 13.2. The van der Waals surface area contributed by atoms with Crippen molar-refractivity contribution in [3.63, 3.8) is 0 Å². The summed E-state index contributed by atoms with van der Waals surface area (Å²) in [6.07, 6.45) is 0. The van der Waals surface area contributed by atoms with Crippen molar-refractivity contribution < 1.29 is 27.9 Å². The Morgan fingerprint density at radius 3 is 2.43 bits per heavy atom. The Kier molecular flexibility index (Phi) is 6.02. The van der Waals surface area contributed by atoms with Crippen LogP contribution < -0.4 is 15.4 Å².